The van der Waals surface area contributed by atoms with Crippen LogP contribution in [0.5, 0.6) is 5.75 Å². The molecule has 4 fully saturated rings. The molecule has 7 heterocycles. The summed E-state index contributed by atoms with van der Waals surface area (Å²) in [6, 6.07) is 12.8. The average Bonchev–Trinajstić information content (AvgIpc) is 4.10. The van der Waals surface area contributed by atoms with Crippen LogP contribution in [-0.2, 0) is 48.1 Å². The molecular weight excluding hydrogens is 849 g/mol. The Hall–Kier alpha value is -5.80. The number of aromatic nitrogens is 2. The van der Waals surface area contributed by atoms with Crippen molar-refractivity contribution in [2.45, 2.75) is 124 Å². The minimum Gasteiger partial charge on any atom is -0.508 e. The fraction of sp³-hybridized carbons (Fsp3) is 0.538. The lowest BCUT2D eigenvalue weighted by Crippen LogP contribution is -2.70. The molecule has 15 heteroatoms. The maximum atomic E-state index is 14.8. The van der Waals surface area contributed by atoms with Gasteiger partial charge in [0.25, 0.3) is 5.91 Å². The molecule has 0 unspecified atom stereocenters. The number of nitrogens with zero attached hydrogens (tertiary/aromatic N) is 5. The molecule has 67 heavy (non-hydrogen) atoms. The number of rotatable bonds is 8. The minimum absolute atomic E-state index is 0.00936. The van der Waals surface area contributed by atoms with Gasteiger partial charge in [0, 0.05) is 73.8 Å². The summed E-state index contributed by atoms with van der Waals surface area (Å²) in [5, 5.41) is 20.0. The number of piperidine rings is 1. The summed E-state index contributed by atoms with van der Waals surface area (Å²) in [7, 11) is 0. The molecule has 2 aromatic heterocycles. The van der Waals surface area contributed by atoms with Crippen LogP contribution in [0, 0.1) is 16.7 Å². The number of carbonyl (C=O) groups excluding carboxylic acids is 5. The van der Waals surface area contributed by atoms with Crippen molar-refractivity contribution in [2.75, 3.05) is 39.3 Å². The number of hydrazine groups is 1. The average molecular weight is 915 g/mol. The second-order valence-corrected chi connectivity index (χ2v) is 21.0. The van der Waals surface area contributed by atoms with Crippen LogP contribution >= 0.6 is 0 Å². The molecule has 4 amide bonds. The van der Waals surface area contributed by atoms with E-state index in [4.69, 9.17) is 9.72 Å². The van der Waals surface area contributed by atoms with Crippen molar-refractivity contribution in [2.24, 2.45) is 16.7 Å². The van der Waals surface area contributed by atoms with Crippen molar-refractivity contribution >= 4 is 40.5 Å². The van der Waals surface area contributed by atoms with Gasteiger partial charge >= 0.3 is 5.97 Å². The van der Waals surface area contributed by atoms with Crippen LogP contribution in [0.15, 0.2) is 54.7 Å². The van der Waals surface area contributed by atoms with Crippen LogP contribution in [0.4, 0.5) is 0 Å². The largest absolute Gasteiger partial charge is 0.508 e. The van der Waals surface area contributed by atoms with E-state index in [0.717, 1.165) is 44.5 Å². The van der Waals surface area contributed by atoms with Crippen LogP contribution in [-0.4, -0.2) is 123 Å². The fourth-order valence-corrected chi connectivity index (χ4v) is 11.1. The molecule has 2 aromatic carbocycles. The highest BCUT2D eigenvalue weighted by molar-refractivity contribution is 5.97. The van der Waals surface area contributed by atoms with Gasteiger partial charge in [0.2, 0.25) is 17.7 Å². The number of hydrogen-bond acceptors (Lipinski definition) is 10. The van der Waals surface area contributed by atoms with E-state index >= 15 is 0 Å². The zero-order valence-electron chi connectivity index (χ0n) is 40.0. The molecule has 1 spiro atoms. The molecule has 0 aliphatic carbocycles. The number of cyclic esters (lactones) is 1. The molecule has 5 aliphatic heterocycles. The predicted molar refractivity (Wildman–Crippen MR) is 254 cm³/mol. The van der Waals surface area contributed by atoms with Crippen LogP contribution < -0.4 is 16.1 Å². The summed E-state index contributed by atoms with van der Waals surface area (Å²) in [4.78, 5) is 79.0. The van der Waals surface area contributed by atoms with Crippen LogP contribution in [0.3, 0.4) is 0 Å². The number of pyridine rings is 1. The van der Waals surface area contributed by atoms with Crippen molar-refractivity contribution in [1.29, 1.82) is 0 Å². The van der Waals surface area contributed by atoms with E-state index < -0.39 is 46.7 Å². The minimum atomic E-state index is -1.13. The third-order valence-electron chi connectivity index (χ3n) is 14.5. The first-order chi connectivity index (χ1) is 32.0. The topological polar surface area (TPSA) is 188 Å². The summed E-state index contributed by atoms with van der Waals surface area (Å²) in [6.07, 6.45) is 4.76. The predicted octanol–water partition coefficient (Wildman–Crippen LogP) is 5.32. The highest BCUT2D eigenvalue weighted by Gasteiger charge is 2.57. The molecule has 15 nitrogen and oxygen atoms in total. The molecule has 0 radical (unpaired) electrons. The van der Waals surface area contributed by atoms with Gasteiger partial charge in [0.1, 0.15) is 23.9 Å². The fourth-order valence-electron chi connectivity index (χ4n) is 11.1. The molecule has 0 saturated carbocycles. The second kappa shape index (κ2) is 18.0. The Morgan fingerprint density at radius 3 is 2.49 bits per heavy atom. The van der Waals surface area contributed by atoms with Crippen LogP contribution in [0.2, 0.25) is 0 Å². The Balaban J connectivity index is 1.10. The summed E-state index contributed by atoms with van der Waals surface area (Å²) in [5.74, 6) is -1.62. The van der Waals surface area contributed by atoms with E-state index in [0.29, 0.717) is 76.9 Å². The lowest BCUT2D eigenvalue weighted by molar-refractivity contribution is -0.170. The lowest BCUT2D eigenvalue weighted by Gasteiger charge is -2.54. The van der Waals surface area contributed by atoms with Gasteiger partial charge in [-0.3, -0.25) is 34.0 Å². The quantitative estimate of drug-likeness (QED) is 0.133. The molecule has 4 N–H and O–H groups in total. The van der Waals surface area contributed by atoms with Gasteiger partial charge < -0.3 is 34.8 Å². The Morgan fingerprint density at radius 2 is 1.78 bits per heavy atom. The standard InChI is InChI=1S/C52H66N8O7/c1-8-58-42-15-14-33-24-37(42)38(45(58)36-12-9-17-53-43(36)30(2)3)25-51(6,7)29-67-49(65)39-13-10-19-60(56-39)48(64)40(22-32-20-34(33)23-35(61)21-32)55-46(62)44(31(4)5)59-18-11-16-52(50(59)66)27-57(28-52)47(63)41-26-54-41/h9,12,14-15,17,20-21,23-24,30-31,39-41,44,54,56,61H,8,10-11,13,16,18-19,22,25-29H2,1-7H3,(H,55,62)/t39-,40-,41-,44-/m0/s1. The SMILES string of the molecule is CCn1c(-c2cccnc2C(C)C)c2c3cc(ccc31)-c1cc(O)cc(c1)C[C@H](NC(=O)[C@H](C(C)C)N1CCCC3(CN(C(=O)[C@@H]4CN4)C3)C1=O)C(=O)N1CCC[C@H](N1)C(=O)OCC(C)(C)C2. The van der Waals surface area contributed by atoms with Crippen LogP contribution in [0.25, 0.3) is 33.3 Å². The monoisotopic (exact) mass is 915 g/mol. The van der Waals surface area contributed by atoms with Gasteiger partial charge in [0.15, 0.2) is 0 Å². The number of nitrogens with one attached hydrogen (secondary N) is 3. The van der Waals surface area contributed by atoms with Crippen LogP contribution in [0.1, 0.15) is 96.9 Å². The van der Waals surface area contributed by atoms with Gasteiger partial charge in [-0.1, -0.05) is 53.7 Å². The number of ether oxygens (including phenoxy) is 1. The molecule has 6 bridgehead atoms. The molecule has 4 aromatic rings. The Bertz CT molecular complexity index is 2610. The smallest absolute Gasteiger partial charge is 0.324 e. The number of phenolic OH excluding ortho intramolecular Hbond substituents is 1. The number of aryl methyl sites for hydroxylation is 1. The number of likely N-dealkylation sites (tertiary alicyclic amines) is 2. The van der Waals surface area contributed by atoms with E-state index in [-0.39, 0.29) is 48.5 Å². The number of fused-ring (bicyclic) bond motifs is 6. The zero-order valence-corrected chi connectivity index (χ0v) is 40.0. The summed E-state index contributed by atoms with van der Waals surface area (Å²) in [5.41, 5.74) is 9.43. The number of aromatic hydroxyl groups is 1. The first-order valence-electron chi connectivity index (χ1n) is 24.3. The second-order valence-electron chi connectivity index (χ2n) is 21.0. The molecule has 4 saturated heterocycles. The first-order valence-corrected chi connectivity index (χ1v) is 24.3. The Labute approximate surface area is 392 Å². The normalized spacial score (nSPS) is 23.3. The Kier molecular flexibility index (Phi) is 12.5. The van der Waals surface area contributed by atoms with E-state index in [1.165, 1.54) is 5.01 Å². The van der Waals surface area contributed by atoms with E-state index in [9.17, 15) is 29.1 Å². The van der Waals surface area contributed by atoms with Crippen molar-refractivity contribution in [3.63, 3.8) is 0 Å². The van der Waals surface area contributed by atoms with Crippen molar-refractivity contribution in [3.8, 4) is 28.1 Å². The molecule has 356 valence electrons. The van der Waals surface area contributed by atoms with E-state index in [1.807, 2.05) is 32.2 Å². The van der Waals surface area contributed by atoms with Crippen molar-refractivity contribution < 1.29 is 33.8 Å². The molecule has 5 aliphatic rings. The van der Waals surface area contributed by atoms with Crippen molar-refractivity contribution in [3.05, 3.63) is 71.5 Å². The van der Waals surface area contributed by atoms with Gasteiger partial charge in [-0.15, -0.1) is 0 Å². The number of amides is 4. The third kappa shape index (κ3) is 8.92. The molecule has 4 atom stereocenters. The van der Waals surface area contributed by atoms with E-state index in [1.54, 1.807) is 21.9 Å². The number of carbonyl (C=O) groups is 5. The lowest BCUT2D eigenvalue weighted by atomic mass is 9.71. The van der Waals surface area contributed by atoms with Gasteiger partial charge in [-0.05, 0) is 110 Å². The highest BCUT2D eigenvalue weighted by Crippen LogP contribution is 2.44. The van der Waals surface area contributed by atoms with Crippen molar-refractivity contribution in [1.82, 2.24) is 40.4 Å². The van der Waals surface area contributed by atoms with Gasteiger partial charge in [-0.25, -0.2) is 5.43 Å². The zero-order chi connectivity index (χ0) is 47.5. The number of phenols is 1. The van der Waals surface area contributed by atoms with Gasteiger partial charge in [-0.2, -0.15) is 0 Å². The maximum absolute atomic E-state index is 14.8. The molecular formula is C52H66N8O7. The number of hydrogen-bond donors (Lipinski definition) is 4. The molecule has 9 rings (SSSR count). The summed E-state index contributed by atoms with van der Waals surface area (Å²) >= 11 is 0. The number of esters is 1. The van der Waals surface area contributed by atoms with Gasteiger partial charge in [0.05, 0.1) is 29.5 Å². The van der Waals surface area contributed by atoms with E-state index in [2.05, 4.69) is 79.5 Å². The Morgan fingerprint density at radius 1 is 1.00 bits per heavy atom. The highest BCUT2D eigenvalue weighted by atomic mass is 16.5. The maximum Gasteiger partial charge on any atom is 0.324 e. The first kappa shape index (κ1) is 46.3. The summed E-state index contributed by atoms with van der Waals surface area (Å²) < 4.78 is 8.47. The number of benzene rings is 2. The third-order valence-corrected chi connectivity index (χ3v) is 14.5. The summed E-state index contributed by atoms with van der Waals surface area (Å²) in [6.45, 7) is 17.3.